The number of hydrogen-bond acceptors (Lipinski definition) is 5. The summed E-state index contributed by atoms with van der Waals surface area (Å²) in [5.74, 6) is 0.413. The molecule has 1 aromatic carbocycles. The molecular weight excluding hydrogens is 384 g/mol. The van der Waals surface area contributed by atoms with E-state index in [9.17, 15) is 5.11 Å². The number of aliphatic hydroxyl groups excluding tert-OH is 1. The minimum Gasteiger partial charge on any atom is -0.392 e. The summed E-state index contributed by atoms with van der Waals surface area (Å²) in [5.41, 5.74) is 7.92. The van der Waals surface area contributed by atoms with Crippen molar-refractivity contribution < 1.29 is 5.11 Å². The van der Waals surface area contributed by atoms with Gasteiger partial charge in [-0.05, 0) is 59.8 Å². The molecular formula is C26H34N4O. The van der Waals surface area contributed by atoms with E-state index < -0.39 is 0 Å². The van der Waals surface area contributed by atoms with E-state index in [2.05, 4.69) is 66.3 Å². The van der Waals surface area contributed by atoms with Crippen LogP contribution < -0.4 is 5.32 Å². The molecule has 2 aromatic heterocycles. The fourth-order valence-corrected chi connectivity index (χ4v) is 3.92. The minimum absolute atomic E-state index is 0.0319. The van der Waals surface area contributed by atoms with Crippen LogP contribution in [0.25, 0.3) is 0 Å². The molecule has 0 amide bonds. The molecule has 2 N–H and O–H groups in total. The van der Waals surface area contributed by atoms with Crippen molar-refractivity contribution in [3.63, 3.8) is 0 Å². The Hall–Kier alpha value is -2.60. The van der Waals surface area contributed by atoms with Crippen LogP contribution in [0.5, 0.6) is 0 Å². The zero-order chi connectivity index (χ0) is 22.2. The Morgan fingerprint density at radius 2 is 1.65 bits per heavy atom. The predicted octanol–water partition coefficient (Wildman–Crippen LogP) is 4.32. The SMILES string of the molecule is CNCc1ccc(CN(Cc2ncccc2C)Cc2ncccc2C(C)C)c(CO)c1. The summed E-state index contributed by atoms with van der Waals surface area (Å²) in [6.45, 7) is 9.51. The number of aliphatic hydroxyl groups is 1. The molecule has 5 heteroatoms. The first-order valence-electron chi connectivity index (χ1n) is 10.9. The van der Waals surface area contributed by atoms with Gasteiger partial charge in [-0.2, -0.15) is 0 Å². The molecule has 0 saturated carbocycles. The van der Waals surface area contributed by atoms with Crippen LogP contribution in [-0.2, 0) is 32.8 Å². The number of aromatic nitrogens is 2. The number of hydrogen-bond donors (Lipinski definition) is 2. The Morgan fingerprint density at radius 3 is 2.32 bits per heavy atom. The summed E-state index contributed by atoms with van der Waals surface area (Å²) in [6.07, 6.45) is 3.73. The fourth-order valence-electron chi connectivity index (χ4n) is 3.92. The highest BCUT2D eigenvalue weighted by Gasteiger charge is 2.16. The second-order valence-corrected chi connectivity index (χ2v) is 8.40. The Balaban J connectivity index is 1.92. The molecule has 2 heterocycles. The first-order valence-corrected chi connectivity index (χ1v) is 10.9. The minimum atomic E-state index is 0.0319. The Bertz CT molecular complexity index is 987. The number of pyridine rings is 2. The average molecular weight is 419 g/mol. The first kappa shape index (κ1) is 23.1. The lowest BCUT2D eigenvalue weighted by atomic mass is 10.0. The number of nitrogens with zero attached hydrogens (tertiary/aromatic N) is 3. The molecule has 0 atom stereocenters. The normalized spacial score (nSPS) is 11.5. The van der Waals surface area contributed by atoms with Crippen LogP contribution in [0.1, 0.15) is 59.0 Å². The smallest absolute Gasteiger partial charge is 0.0685 e. The maximum absolute atomic E-state index is 10.0. The Kier molecular flexibility index (Phi) is 8.29. The van der Waals surface area contributed by atoms with Crippen molar-refractivity contribution >= 4 is 0 Å². The zero-order valence-corrected chi connectivity index (χ0v) is 19.1. The van der Waals surface area contributed by atoms with Crippen molar-refractivity contribution in [3.05, 3.63) is 94.1 Å². The van der Waals surface area contributed by atoms with Crippen LogP contribution in [0.4, 0.5) is 0 Å². The van der Waals surface area contributed by atoms with Crippen molar-refractivity contribution in [2.45, 2.75) is 59.5 Å². The third-order valence-electron chi connectivity index (χ3n) is 5.63. The van der Waals surface area contributed by atoms with Crippen LogP contribution in [-0.4, -0.2) is 27.0 Å². The Labute approximate surface area is 186 Å². The van der Waals surface area contributed by atoms with Gasteiger partial charge in [-0.1, -0.05) is 44.2 Å². The Morgan fingerprint density at radius 1 is 0.935 bits per heavy atom. The van der Waals surface area contributed by atoms with Gasteiger partial charge in [0, 0.05) is 38.6 Å². The summed E-state index contributed by atoms with van der Waals surface area (Å²) in [5, 5.41) is 13.2. The number of rotatable bonds is 10. The summed E-state index contributed by atoms with van der Waals surface area (Å²) in [4.78, 5) is 11.7. The van der Waals surface area contributed by atoms with Gasteiger partial charge in [-0.3, -0.25) is 14.9 Å². The van der Waals surface area contributed by atoms with Crippen LogP contribution in [0.3, 0.4) is 0 Å². The third kappa shape index (κ3) is 6.20. The van der Waals surface area contributed by atoms with E-state index in [4.69, 9.17) is 4.98 Å². The van der Waals surface area contributed by atoms with E-state index in [0.717, 1.165) is 48.7 Å². The van der Waals surface area contributed by atoms with Crippen LogP contribution in [0.2, 0.25) is 0 Å². The van der Waals surface area contributed by atoms with Crippen molar-refractivity contribution in [3.8, 4) is 0 Å². The second-order valence-electron chi connectivity index (χ2n) is 8.40. The molecule has 0 fully saturated rings. The van der Waals surface area contributed by atoms with Gasteiger partial charge in [0.25, 0.3) is 0 Å². The van der Waals surface area contributed by atoms with E-state index >= 15 is 0 Å². The van der Waals surface area contributed by atoms with E-state index in [1.165, 1.54) is 16.7 Å². The van der Waals surface area contributed by atoms with Gasteiger partial charge in [0.2, 0.25) is 0 Å². The molecule has 31 heavy (non-hydrogen) atoms. The molecule has 0 saturated heterocycles. The monoisotopic (exact) mass is 418 g/mol. The lowest BCUT2D eigenvalue weighted by molar-refractivity contribution is 0.234. The standard InChI is InChI=1S/C26H34N4O/c1-19(2)24-8-6-12-29-26(24)17-30(16-25-20(3)7-5-11-28-25)15-22-10-9-21(14-27-4)13-23(22)18-31/h5-13,19,27,31H,14-18H2,1-4H3. The van der Waals surface area contributed by atoms with Gasteiger partial charge in [-0.25, -0.2) is 0 Å². The van der Waals surface area contributed by atoms with Gasteiger partial charge in [0.05, 0.1) is 18.0 Å². The van der Waals surface area contributed by atoms with Gasteiger partial charge >= 0.3 is 0 Å². The van der Waals surface area contributed by atoms with E-state index in [1.807, 2.05) is 31.6 Å². The summed E-state index contributed by atoms with van der Waals surface area (Å²) >= 11 is 0. The molecule has 164 valence electrons. The van der Waals surface area contributed by atoms with Gasteiger partial charge in [0.1, 0.15) is 0 Å². The molecule has 0 aliphatic rings. The van der Waals surface area contributed by atoms with E-state index in [0.29, 0.717) is 5.92 Å². The van der Waals surface area contributed by atoms with Crippen molar-refractivity contribution in [2.24, 2.45) is 0 Å². The van der Waals surface area contributed by atoms with E-state index in [-0.39, 0.29) is 6.61 Å². The lowest BCUT2D eigenvalue weighted by Gasteiger charge is -2.25. The summed E-state index contributed by atoms with van der Waals surface area (Å²) < 4.78 is 0. The molecule has 3 rings (SSSR count). The van der Waals surface area contributed by atoms with Crippen LogP contribution >= 0.6 is 0 Å². The average Bonchev–Trinajstić information content (AvgIpc) is 2.76. The van der Waals surface area contributed by atoms with E-state index in [1.54, 1.807) is 0 Å². The molecule has 0 aliphatic carbocycles. The summed E-state index contributed by atoms with van der Waals surface area (Å²) in [7, 11) is 1.93. The summed E-state index contributed by atoms with van der Waals surface area (Å²) in [6, 6.07) is 14.6. The second kappa shape index (κ2) is 11.1. The van der Waals surface area contributed by atoms with Crippen molar-refractivity contribution in [1.82, 2.24) is 20.2 Å². The highest BCUT2D eigenvalue weighted by Crippen LogP contribution is 2.22. The van der Waals surface area contributed by atoms with Crippen LogP contribution in [0, 0.1) is 6.92 Å². The topological polar surface area (TPSA) is 61.3 Å². The quantitative estimate of drug-likeness (QED) is 0.513. The van der Waals surface area contributed by atoms with Gasteiger partial charge < -0.3 is 10.4 Å². The molecule has 0 aliphatic heterocycles. The predicted molar refractivity (Wildman–Crippen MR) is 125 cm³/mol. The number of benzene rings is 1. The molecule has 0 radical (unpaired) electrons. The molecule has 0 spiro atoms. The largest absolute Gasteiger partial charge is 0.392 e. The van der Waals surface area contributed by atoms with Gasteiger partial charge in [-0.15, -0.1) is 0 Å². The number of aryl methyl sites for hydroxylation is 1. The third-order valence-corrected chi connectivity index (χ3v) is 5.63. The highest BCUT2D eigenvalue weighted by molar-refractivity contribution is 5.32. The van der Waals surface area contributed by atoms with Crippen LogP contribution in [0.15, 0.2) is 54.9 Å². The van der Waals surface area contributed by atoms with Crippen molar-refractivity contribution in [1.29, 1.82) is 0 Å². The molecule has 0 bridgehead atoms. The molecule has 5 nitrogen and oxygen atoms in total. The fraction of sp³-hybridized carbons (Fsp3) is 0.385. The van der Waals surface area contributed by atoms with Crippen molar-refractivity contribution in [2.75, 3.05) is 7.05 Å². The first-order chi connectivity index (χ1) is 15.0. The lowest BCUT2D eigenvalue weighted by Crippen LogP contribution is -2.25. The zero-order valence-electron chi connectivity index (χ0n) is 19.1. The molecule has 3 aromatic rings. The van der Waals surface area contributed by atoms with Gasteiger partial charge in [0.15, 0.2) is 0 Å². The maximum Gasteiger partial charge on any atom is 0.0685 e. The maximum atomic E-state index is 10.0. The number of nitrogens with one attached hydrogen (secondary N) is 1. The molecule has 0 unspecified atom stereocenters. The highest BCUT2D eigenvalue weighted by atomic mass is 16.3.